The van der Waals surface area contributed by atoms with Gasteiger partial charge in [0.1, 0.15) is 5.82 Å². The first kappa shape index (κ1) is 27.2. The molecule has 0 bridgehead atoms. The maximum absolute atomic E-state index is 13.3. The van der Waals surface area contributed by atoms with Gasteiger partial charge in [-0.1, -0.05) is 60.7 Å². The van der Waals surface area contributed by atoms with E-state index < -0.39 is 41.7 Å². The van der Waals surface area contributed by atoms with Gasteiger partial charge in [-0.2, -0.15) is 13.2 Å². The first-order valence-corrected chi connectivity index (χ1v) is 11.9. The predicted molar refractivity (Wildman–Crippen MR) is 141 cm³/mol. The number of rotatable bonds is 7. The van der Waals surface area contributed by atoms with Crippen molar-refractivity contribution in [3.8, 4) is 0 Å². The number of alkyl halides is 3. The van der Waals surface area contributed by atoms with Crippen molar-refractivity contribution in [1.82, 2.24) is 10.6 Å². The zero-order valence-corrected chi connectivity index (χ0v) is 20.4. The third kappa shape index (κ3) is 7.57. The molecule has 2 atom stereocenters. The molecular formula is C29H24F4N4O2. The standard InChI is InChI=1S/C29H24F4N4O2/c30-22-13-17-24(18-14-22)35-28(39)37-26(20-9-5-2-6-10-20)25(19-7-3-1-4-8-19)36-27(38)34-23-15-11-21(12-16-23)29(31,32)33/h1-18,25-26H,(H2,34,36,38)(H2,35,37,39). The summed E-state index contributed by atoms with van der Waals surface area (Å²) in [7, 11) is 0. The number of hydrogen-bond donors (Lipinski definition) is 4. The van der Waals surface area contributed by atoms with E-state index in [9.17, 15) is 27.2 Å². The molecule has 0 saturated carbocycles. The molecule has 200 valence electrons. The lowest BCUT2D eigenvalue weighted by molar-refractivity contribution is -0.137. The summed E-state index contributed by atoms with van der Waals surface area (Å²) in [6.45, 7) is 0. The van der Waals surface area contributed by atoms with Gasteiger partial charge in [0.05, 0.1) is 17.6 Å². The van der Waals surface area contributed by atoms with Crippen molar-refractivity contribution in [1.29, 1.82) is 0 Å². The van der Waals surface area contributed by atoms with Crippen molar-refractivity contribution in [2.45, 2.75) is 18.3 Å². The van der Waals surface area contributed by atoms with E-state index in [0.717, 1.165) is 24.3 Å². The number of carbonyl (C=O) groups is 2. The van der Waals surface area contributed by atoms with Crippen LogP contribution in [0.1, 0.15) is 28.8 Å². The van der Waals surface area contributed by atoms with Crippen LogP contribution in [-0.2, 0) is 6.18 Å². The van der Waals surface area contributed by atoms with Crippen LogP contribution >= 0.6 is 0 Å². The Balaban J connectivity index is 1.59. The SMILES string of the molecule is O=C(Nc1ccc(F)cc1)NC(c1ccccc1)C(NC(=O)Nc1ccc(C(F)(F)F)cc1)c1ccccc1. The van der Waals surface area contributed by atoms with E-state index in [2.05, 4.69) is 21.3 Å². The van der Waals surface area contributed by atoms with Crippen molar-refractivity contribution < 1.29 is 27.2 Å². The molecule has 4 aromatic rings. The first-order valence-electron chi connectivity index (χ1n) is 11.9. The molecule has 0 aliphatic rings. The van der Waals surface area contributed by atoms with Gasteiger partial charge in [0.2, 0.25) is 0 Å². The molecule has 4 N–H and O–H groups in total. The Morgan fingerprint density at radius 2 is 0.949 bits per heavy atom. The van der Waals surface area contributed by atoms with E-state index >= 15 is 0 Å². The lowest BCUT2D eigenvalue weighted by atomic mass is 9.93. The van der Waals surface area contributed by atoms with E-state index in [0.29, 0.717) is 16.8 Å². The molecule has 4 amide bonds. The van der Waals surface area contributed by atoms with Gasteiger partial charge in [0.15, 0.2) is 0 Å². The van der Waals surface area contributed by atoms with Crippen molar-refractivity contribution in [3.63, 3.8) is 0 Å². The Morgan fingerprint density at radius 3 is 1.33 bits per heavy atom. The van der Waals surface area contributed by atoms with Gasteiger partial charge < -0.3 is 21.3 Å². The van der Waals surface area contributed by atoms with Crippen molar-refractivity contribution in [2.75, 3.05) is 10.6 Å². The van der Waals surface area contributed by atoms with Crippen LogP contribution in [0.25, 0.3) is 0 Å². The summed E-state index contributed by atoms with van der Waals surface area (Å²) < 4.78 is 52.0. The maximum atomic E-state index is 13.3. The molecule has 10 heteroatoms. The third-order valence-corrected chi connectivity index (χ3v) is 5.80. The fourth-order valence-corrected chi connectivity index (χ4v) is 3.93. The second kappa shape index (κ2) is 12.1. The van der Waals surface area contributed by atoms with Gasteiger partial charge in [0, 0.05) is 11.4 Å². The molecule has 0 aliphatic heterocycles. The van der Waals surface area contributed by atoms with Crippen LogP contribution in [0.5, 0.6) is 0 Å². The second-order valence-electron chi connectivity index (χ2n) is 8.56. The smallest absolute Gasteiger partial charge is 0.329 e. The zero-order valence-electron chi connectivity index (χ0n) is 20.4. The summed E-state index contributed by atoms with van der Waals surface area (Å²) in [6.07, 6.45) is -4.50. The Kier molecular flexibility index (Phi) is 8.45. The monoisotopic (exact) mass is 536 g/mol. The number of nitrogens with one attached hydrogen (secondary N) is 4. The summed E-state index contributed by atoms with van der Waals surface area (Å²) in [5.74, 6) is -0.449. The first-order chi connectivity index (χ1) is 18.7. The van der Waals surface area contributed by atoms with Gasteiger partial charge in [-0.05, 0) is 59.7 Å². The summed E-state index contributed by atoms with van der Waals surface area (Å²) in [6, 6.07) is 24.3. The third-order valence-electron chi connectivity index (χ3n) is 5.80. The molecule has 4 rings (SSSR count). The van der Waals surface area contributed by atoms with E-state index in [1.165, 1.54) is 24.3 Å². The summed E-state index contributed by atoms with van der Waals surface area (Å²) in [5.41, 5.74) is 1.03. The number of urea groups is 2. The number of benzene rings is 4. The fourth-order valence-electron chi connectivity index (χ4n) is 3.93. The highest BCUT2D eigenvalue weighted by atomic mass is 19.4. The minimum Gasteiger partial charge on any atom is -0.329 e. The van der Waals surface area contributed by atoms with E-state index in [4.69, 9.17) is 0 Å². The Labute approximate surface area is 222 Å². The molecule has 0 fully saturated rings. The molecule has 0 aliphatic carbocycles. The van der Waals surface area contributed by atoms with Crippen molar-refractivity contribution in [3.05, 3.63) is 132 Å². The molecule has 0 saturated heterocycles. The van der Waals surface area contributed by atoms with Gasteiger partial charge in [-0.15, -0.1) is 0 Å². The lowest BCUT2D eigenvalue weighted by Gasteiger charge is -2.30. The zero-order chi connectivity index (χ0) is 27.8. The predicted octanol–water partition coefficient (Wildman–Crippen LogP) is 7.27. The molecule has 4 aromatic carbocycles. The molecule has 0 spiro atoms. The molecule has 39 heavy (non-hydrogen) atoms. The minimum absolute atomic E-state index is 0.158. The number of halogens is 4. The molecule has 6 nitrogen and oxygen atoms in total. The van der Waals surface area contributed by atoms with Crippen molar-refractivity contribution >= 4 is 23.4 Å². The van der Waals surface area contributed by atoms with Crippen LogP contribution in [0.4, 0.5) is 38.5 Å². The molecule has 0 aromatic heterocycles. The highest BCUT2D eigenvalue weighted by Gasteiger charge is 2.31. The maximum Gasteiger partial charge on any atom is 0.416 e. The molecule has 0 heterocycles. The highest BCUT2D eigenvalue weighted by molar-refractivity contribution is 5.91. The molecule has 2 unspecified atom stereocenters. The number of anilines is 2. The summed E-state index contributed by atoms with van der Waals surface area (Å²) >= 11 is 0. The van der Waals surface area contributed by atoms with Crippen LogP contribution in [-0.4, -0.2) is 12.1 Å². The molecular weight excluding hydrogens is 512 g/mol. The van der Waals surface area contributed by atoms with Crippen LogP contribution in [0.3, 0.4) is 0 Å². The highest BCUT2D eigenvalue weighted by Crippen LogP contribution is 2.31. The number of hydrogen-bond acceptors (Lipinski definition) is 2. The van der Waals surface area contributed by atoms with Crippen LogP contribution < -0.4 is 21.3 Å². The van der Waals surface area contributed by atoms with Crippen LogP contribution in [0.2, 0.25) is 0 Å². The number of amides is 4. The summed E-state index contributed by atoms with van der Waals surface area (Å²) in [5, 5.41) is 10.9. The van der Waals surface area contributed by atoms with Gasteiger partial charge in [-0.25, -0.2) is 14.0 Å². The molecule has 0 radical (unpaired) electrons. The fraction of sp³-hybridized carbons (Fsp3) is 0.103. The Hall–Kier alpha value is -4.86. The van der Waals surface area contributed by atoms with E-state index in [1.54, 1.807) is 60.7 Å². The minimum atomic E-state index is -4.50. The average molecular weight is 537 g/mol. The second-order valence-corrected chi connectivity index (χ2v) is 8.56. The Bertz CT molecular complexity index is 1380. The lowest BCUT2D eigenvalue weighted by Crippen LogP contribution is -2.43. The number of carbonyl (C=O) groups excluding carboxylic acids is 2. The quantitative estimate of drug-likeness (QED) is 0.187. The average Bonchev–Trinajstić information content (AvgIpc) is 2.93. The topological polar surface area (TPSA) is 82.3 Å². The Morgan fingerprint density at radius 1 is 0.564 bits per heavy atom. The van der Waals surface area contributed by atoms with Gasteiger partial charge in [0.25, 0.3) is 0 Å². The van der Waals surface area contributed by atoms with Gasteiger partial charge >= 0.3 is 18.2 Å². The van der Waals surface area contributed by atoms with Gasteiger partial charge in [-0.3, -0.25) is 0 Å². The summed E-state index contributed by atoms with van der Waals surface area (Å²) in [4.78, 5) is 26.0. The van der Waals surface area contributed by atoms with E-state index in [1.807, 2.05) is 0 Å². The largest absolute Gasteiger partial charge is 0.416 e. The van der Waals surface area contributed by atoms with Crippen molar-refractivity contribution in [2.24, 2.45) is 0 Å². The van der Waals surface area contributed by atoms with Crippen LogP contribution in [0, 0.1) is 5.82 Å². The normalized spacial score (nSPS) is 12.6. The van der Waals surface area contributed by atoms with Crippen LogP contribution in [0.15, 0.2) is 109 Å². The van der Waals surface area contributed by atoms with E-state index in [-0.39, 0.29) is 5.69 Å².